The Balaban J connectivity index is 2.70. The third kappa shape index (κ3) is 3.25. The maximum atomic E-state index is 8.99. The molecule has 1 unspecified atom stereocenters. The average Bonchev–Trinajstić information content (AvgIpc) is 2.27. The first-order valence-corrected chi connectivity index (χ1v) is 5.54. The number of hydrogen-bond donors (Lipinski definition) is 1. The summed E-state index contributed by atoms with van der Waals surface area (Å²) in [5, 5.41) is 12.3. The topological polar surface area (TPSA) is 45.0 Å². The number of anilines is 1. The molecule has 0 radical (unpaired) electrons. The summed E-state index contributed by atoms with van der Waals surface area (Å²) in [7, 11) is 0. The summed E-state index contributed by atoms with van der Waals surface area (Å²) >= 11 is 0. The SMILES string of the molecule is CCOC(C)CNc1c(C)cccc1C#N. The van der Waals surface area contributed by atoms with Crippen molar-refractivity contribution in [2.45, 2.75) is 26.9 Å². The highest BCUT2D eigenvalue weighted by molar-refractivity contribution is 5.62. The van der Waals surface area contributed by atoms with Crippen LogP contribution in [0.4, 0.5) is 5.69 Å². The van der Waals surface area contributed by atoms with Crippen LogP contribution in [0.3, 0.4) is 0 Å². The molecule has 0 aromatic heterocycles. The normalized spacial score (nSPS) is 11.9. The number of rotatable bonds is 5. The van der Waals surface area contributed by atoms with Gasteiger partial charge in [0.2, 0.25) is 0 Å². The minimum Gasteiger partial charge on any atom is -0.381 e. The highest BCUT2D eigenvalue weighted by Crippen LogP contribution is 2.19. The van der Waals surface area contributed by atoms with Gasteiger partial charge in [-0.15, -0.1) is 0 Å². The highest BCUT2D eigenvalue weighted by atomic mass is 16.5. The Hall–Kier alpha value is -1.53. The molecule has 0 aliphatic rings. The highest BCUT2D eigenvalue weighted by Gasteiger charge is 2.06. The number of ether oxygens (including phenoxy) is 1. The fourth-order valence-corrected chi connectivity index (χ4v) is 1.58. The monoisotopic (exact) mass is 218 g/mol. The lowest BCUT2D eigenvalue weighted by Crippen LogP contribution is -2.20. The second kappa shape index (κ2) is 6.14. The van der Waals surface area contributed by atoms with Gasteiger partial charge in [0.05, 0.1) is 17.4 Å². The summed E-state index contributed by atoms with van der Waals surface area (Å²) in [4.78, 5) is 0. The molecule has 0 saturated heterocycles. The summed E-state index contributed by atoms with van der Waals surface area (Å²) in [5.74, 6) is 0. The Morgan fingerprint density at radius 2 is 2.25 bits per heavy atom. The lowest BCUT2D eigenvalue weighted by molar-refractivity contribution is 0.0855. The third-order valence-electron chi connectivity index (χ3n) is 2.41. The van der Waals surface area contributed by atoms with Crippen LogP contribution >= 0.6 is 0 Å². The fraction of sp³-hybridized carbons (Fsp3) is 0.462. The van der Waals surface area contributed by atoms with Gasteiger partial charge in [-0.2, -0.15) is 5.26 Å². The van der Waals surface area contributed by atoms with E-state index in [0.717, 1.165) is 11.3 Å². The Bertz CT molecular complexity index is 382. The second-order valence-electron chi connectivity index (χ2n) is 3.76. The van der Waals surface area contributed by atoms with Gasteiger partial charge in [0.1, 0.15) is 6.07 Å². The van der Waals surface area contributed by atoms with Gasteiger partial charge in [0, 0.05) is 13.2 Å². The van der Waals surface area contributed by atoms with Crippen LogP contribution in [-0.2, 0) is 4.74 Å². The molecule has 86 valence electrons. The molecule has 0 saturated carbocycles. The van der Waals surface area contributed by atoms with Crippen molar-refractivity contribution in [1.29, 1.82) is 5.26 Å². The van der Waals surface area contributed by atoms with E-state index >= 15 is 0 Å². The standard InChI is InChI=1S/C13H18N2O/c1-4-16-11(3)9-15-13-10(2)6-5-7-12(13)8-14/h5-7,11,15H,4,9H2,1-3H3. The Labute approximate surface area is 97.0 Å². The van der Waals surface area contributed by atoms with Crippen molar-refractivity contribution in [2.75, 3.05) is 18.5 Å². The number of aryl methyl sites for hydroxylation is 1. The maximum Gasteiger partial charge on any atom is 0.101 e. The summed E-state index contributed by atoms with van der Waals surface area (Å²) < 4.78 is 5.43. The van der Waals surface area contributed by atoms with Crippen LogP contribution in [0.1, 0.15) is 25.0 Å². The van der Waals surface area contributed by atoms with E-state index in [1.807, 2.05) is 39.0 Å². The molecule has 3 heteroatoms. The lowest BCUT2D eigenvalue weighted by atomic mass is 10.1. The van der Waals surface area contributed by atoms with Crippen LogP contribution in [0.5, 0.6) is 0 Å². The molecule has 1 N–H and O–H groups in total. The van der Waals surface area contributed by atoms with E-state index in [0.29, 0.717) is 18.7 Å². The van der Waals surface area contributed by atoms with Crippen molar-refractivity contribution >= 4 is 5.69 Å². The molecule has 0 bridgehead atoms. The molecule has 3 nitrogen and oxygen atoms in total. The minimum atomic E-state index is 0.149. The number of nitrogens with one attached hydrogen (secondary N) is 1. The van der Waals surface area contributed by atoms with Crippen molar-refractivity contribution in [2.24, 2.45) is 0 Å². The molecular formula is C13H18N2O. The van der Waals surface area contributed by atoms with Crippen molar-refractivity contribution < 1.29 is 4.74 Å². The zero-order valence-corrected chi connectivity index (χ0v) is 10.1. The predicted octanol–water partition coefficient (Wildman–Crippen LogP) is 2.70. The lowest BCUT2D eigenvalue weighted by Gasteiger charge is -2.15. The Kier molecular flexibility index (Phi) is 4.81. The van der Waals surface area contributed by atoms with E-state index in [9.17, 15) is 0 Å². The molecule has 0 fully saturated rings. The second-order valence-corrected chi connectivity index (χ2v) is 3.76. The molecule has 0 heterocycles. The van der Waals surface area contributed by atoms with Gasteiger partial charge < -0.3 is 10.1 Å². The molecule has 1 rings (SSSR count). The largest absolute Gasteiger partial charge is 0.381 e. The van der Waals surface area contributed by atoms with E-state index in [1.54, 1.807) is 0 Å². The number of hydrogen-bond acceptors (Lipinski definition) is 3. The summed E-state index contributed by atoms with van der Waals surface area (Å²) in [5.41, 5.74) is 2.68. The number of nitriles is 1. The zero-order valence-electron chi connectivity index (χ0n) is 10.1. The van der Waals surface area contributed by atoms with Crippen molar-refractivity contribution in [3.05, 3.63) is 29.3 Å². The molecule has 0 spiro atoms. The first kappa shape index (κ1) is 12.5. The fourth-order valence-electron chi connectivity index (χ4n) is 1.58. The number of nitrogens with zero attached hydrogens (tertiary/aromatic N) is 1. The van der Waals surface area contributed by atoms with Crippen LogP contribution in [0.2, 0.25) is 0 Å². The minimum absolute atomic E-state index is 0.149. The smallest absolute Gasteiger partial charge is 0.101 e. The van der Waals surface area contributed by atoms with E-state index in [4.69, 9.17) is 10.00 Å². The quantitative estimate of drug-likeness (QED) is 0.826. The molecule has 1 aromatic rings. The molecule has 1 atom stereocenters. The summed E-state index contributed by atoms with van der Waals surface area (Å²) in [6.45, 7) is 7.41. The van der Waals surface area contributed by atoms with E-state index in [2.05, 4.69) is 11.4 Å². The van der Waals surface area contributed by atoms with Crippen molar-refractivity contribution in [3.63, 3.8) is 0 Å². The molecule has 0 aliphatic heterocycles. The van der Waals surface area contributed by atoms with Crippen LogP contribution in [0.15, 0.2) is 18.2 Å². The Morgan fingerprint density at radius 3 is 2.88 bits per heavy atom. The van der Waals surface area contributed by atoms with Crippen LogP contribution in [0.25, 0.3) is 0 Å². The molecule has 1 aromatic carbocycles. The number of benzene rings is 1. The van der Waals surface area contributed by atoms with Crippen molar-refractivity contribution in [3.8, 4) is 6.07 Å². The van der Waals surface area contributed by atoms with Gasteiger partial charge in [-0.3, -0.25) is 0 Å². The average molecular weight is 218 g/mol. The summed E-state index contributed by atoms with van der Waals surface area (Å²) in [6, 6.07) is 7.90. The van der Waals surface area contributed by atoms with Crippen LogP contribution in [-0.4, -0.2) is 19.3 Å². The van der Waals surface area contributed by atoms with E-state index in [-0.39, 0.29) is 6.10 Å². The third-order valence-corrected chi connectivity index (χ3v) is 2.41. The predicted molar refractivity (Wildman–Crippen MR) is 65.5 cm³/mol. The Morgan fingerprint density at radius 1 is 1.50 bits per heavy atom. The maximum absolute atomic E-state index is 8.99. The zero-order chi connectivity index (χ0) is 12.0. The molecule has 16 heavy (non-hydrogen) atoms. The van der Waals surface area contributed by atoms with Gasteiger partial charge in [-0.25, -0.2) is 0 Å². The van der Waals surface area contributed by atoms with Crippen molar-refractivity contribution in [1.82, 2.24) is 0 Å². The first-order valence-electron chi connectivity index (χ1n) is 5.54. The van der Waals surface area contributed by atoms with Crippen LogP contribution < -0.4 is 5.32 Å². The van der Waals surface area contributed by atoms with Crippen LogP contribution in [0, 0.1) is 18.3 Å². The molecule has 0 amide bonds. The van der Waals surface area contributed by atoms with Gasteiger partial charge in [0.25, 0.3) is 0 Å². The van der Waals surface area contributed by atoms with Gasteiger partial charge in [0.15, 0.2) is 0 Å². The van der Waals surface area contributed by atoms with E-state index < -0.39 is 0 Å². The number of para-hydroxylation sites is 1. The van der Waals surface area contributed by atoms with Gasteiger partial charge >= 0.3 is 0 Å². The first-order chi connectivity index (χ1) is 7.69. The van der Waals surface area contributed by atoms with Gasteiger partial charge in [-0.05, 0) is 32.4 Å². The summed E-state index contributed by atoms with van der Waals surface area (Å²) in [6.07, 6.45) is 0.149. The van der Waals surface area contributed by atoms with E-state index in [1.165, 1.54) is 0 Å². The molecular weight excluding hydrogens is 200 g/mol. The molecule has 0 aliphatic carbocycles. The van der Waals surface area contributed by atoms with Gasteiger partial charge in [-0.1, -0.05) is 12.1 Å².